The zero-order chi connectivity index (χ0) is 25.5. The molecule has 0 unspecified atom stereocenters. The third kappa shape index (κ3) is 6.56. The van der Waals surface area contributed by atoms with Gasteiger partial charge in [-0.3, -0.25) is 4.68 Å². The van der Waals surface area contributed by atoms with E-state index in [1.165, 1.54) is 11.0 Å². The molecule has 3 aromatic heterocycles. The average Bonchev–Trinajstić information content (AvgIpc) is 3.23. The highest BCUT2D eigenvalue weighted by molar-refractivity contribution is 5.90. The second-order valence-corrected chi connectivity index (χ2v) is 8.38. The molecule has 14 heteroatoms. The topological polar surface area (TPSA) is 123 Å². The van der Waals surface area contributed by atoms with Gasteiger partial charge in [0, 0.05) is 32.5 Å². The summed E-state index contributed by atoms with van der Waals surface area (Å²) in [5, 5.41) is 17.2. The largest absolute Gasteiger partial charge is 0.411 e. The van der Waals surface area contributed by atoms with Crippen molar-refractivity contribution in [2.75, 3.05) is 49.7 Å². The second kappa shape index (κ2) is 11.8. The van der Waals surface area contributed by atoms with Gasteiger partial charge in [0.25, 0.3) is 0 Å². The third-order valence-corrected chi connectivity index (χ3v) is 5.79. The molecule has 0 radical (unpaired) electrons. The molecule has 0 bridgehead atoms. The predicted molar refractivity (Wildman–Crippen MR) is 125 cm³/mol. The number of ether oxygens (including phenoxy) is 2. The molecule has 0 aliphatic carbocycles. The third-order valence-electron chi connectivity index (χ3n) is 5.79. The zero-order valence-corrected chi connectivity index (χ0v) is 19.9. The number of halogens is 3. The maximum atomic E-state index is 12.5. The van der Waals surface area contributed by atoms with Crippen LogP contribution in [0.5, 0.6) is 0 Å². The molecule has 3 aromatic rings. The molecule has 36 heavy (non-hydrogen) atoms. The molecule has 4 heterocycles. The highest BCUT2D eigenvalue weighted by Gasteiger charge is 2.28. The number of nitrogens with one attached hydrogen (secondary N) is 1. The van der Waals surface area contributed by atoms with Crippen molar-refractivity contribution < 1.29 is 27.8 Å². The normalized spacial score (nSPS) is 15.1. The van der Waals surface area contributed by atoms with E-state index in [0.717, 1.165) is 12.8 Å². The Hall–Kier alpha value is -3.10. The van der Waals surface area contributed by atoms with Crippen LogP contribution in [0, 0.1) is 5.92 Å². The molecular weight excluding hydrogens is 481 g/mol. The number of nitrogens with zero attached hydrogens (tertiary/aromatic N) is 7. The first-order chi connectivity index (χ1) is 17.4. The summed E-state index contributed by atoms with van der Waals surface area (Å²) in [6, 6.07) is 1.68. The lowest BCUT2D eigenvalue weighted by molar-refractivity contribution is -0.174. The van der Waals surface area contributed by atoms with E-state index in [2.05, 4.69) is 20.4 Å². The Morgan fingerprint density at radius 1 is 1.19 bits per heavy atom. The second-order valence-electron chi connectivity index (χ2n) is 8.38. The zero-order valence-electron chi connectivity index (χ0n) is 19.9. The minimum Gasteiger partial charge on any atom is -0.396 e. The van der Waals surface area contributed by atoms with E-state index in [9.17, 15) is 18.3 Å². The highest BCUT2D eigenvalue weighted by Crippen LogP contribution is 2.30. The summed E-state index contributed by atoms with van der Waals surface area (Å²) < 4.78 is 49.5. The first kappa shape index (κ1) is 26.0. The Morgan fingerprint density at radius 2 is 2.00 bits per heavy atom. The van der Waals surface area contributed by atoms with Gasteiger partial charge in [-0.1, -0.05) is 0 Å². The SMILES string of the molecule is CCOCc1nn(CCOCC(F)(F)F)c2c(Nc3ccncn3)nc(N3CCC(CO)CC3)nc12. The van der Waals surface area contributed by atoms with Crippen molar-refractivity contribution in [2.45, 2.75) is 39.1 Å². The van der Waals surface area contributed by atoms with Crippen LogP contribution in [0.1, 0.15) is 25.5 Å². The fourth-order valence-electron chi connectivity index (χ4n) is 3.96. The number of aromatic nitrogens is 6. The molecule has 0 atom stereocenters. The number of aliphatic hydroxyl groups is 1. The van der Waals surface area contributed by atoms with E-state index in [0.29, 0.717) is 54.0 Å². The van der Waals surface area contributed by atoms with Crippen LogP contribution in [0.2, 0.25) is 0 Å². The highest BCUT2D eigenvalue weighted by atomic mass is 19.4. The van der Waals surface area contributed by atoms with Crippen LogP contribution in [0.25, 0.3) is 11.0 Å². The lowest BCUT2D eigenvalue weighted by atomic mass is 9.98. The van der Waals surface area contributed by atoms with Gasteiger partial charge in [0.15, 0.2) is 5.82 Å². The maximum absolute atomic E-state index is 12.5. The van der Waals surface area contributed by atoms with Gasteiger partial charge in [-0.25, -0.2) is 15.0 Å². The van der Waals surface area contributed by atoms with Gasteiger partial charge in [-0.2, -0.15) is 23.3 Å². The van der Waals surface area contributed by atoms with E-state index in [-0.39, 0.29) is 32.3 Å². The van der Waals surface area contributed by atoms with Gasteiger partial charge >= 0.3 is 6.18 Å². The lowest BCUT2D eigenvalue weighted by Crippen LogP contribution is -2.36. The van der Waals surface area contributed by atoms with Crippen LogP contribution < -0.4 is 10.2 Å². The molecule has 1 fully saturated rings. The number of hydrogen-bond acceptors (Lipinski definition) is 10. The molecule has 1 aliphatic heterocycles. The van der Waals surface area contributed by atoms with Crippen LogP contribution in [-0.4, -0.2) is 80.5 Å². The minimum atomic E-state index is -4.41. The van der Waals surface area contributed by atoms with Crippen molar-refractivity contribution in [1.82, 2.24) is 29.7 Å². The van der Waals surface area contributed by atoms with Crippen LogP contribution in [0.3, 0.4) is 0 Å². The van der Waals surface area contributed by atoms with E-state index in [4.69, 9.17) is 19.4 Å². The Balaban J connectivity index is 1.72. The average molecular weight is 511 g/mol. The van der Waals surface area contributed by atoms with Crippen LogP contribution in [0.4, 0.5) is 30.8 Å². The first-order valence-electron chi connectivity index (χ1n) is 11.8. The summed E-state index contributed by atoms with van der Waals surface area (Å²) in [5.74, 6) is 1.63. The molecule has 0 aromatic carbocycles. The Bertz CT molecular complexity index is 1120. The summed E-state index contributed by atoms with van der Waals surface area (Å²) in [6.07, 6.45) is 0.192. The van der Waals surface area contributed by atoms with Gasteiger partial charge in [0.1, 0.15) is 35.5 Å². The quantitative estimate of drug-likeness (QED) is 0.372. The van der Waals surface area contributed by atoms with Crippen LogP contribution in [0.15, 0.2) is 18.6 Å². The van der Waals surface area contributed by atoms with E-state index >= 15 is 0 Å². The molecule has 0 saturated carbocycles. The molecule has 1 aliphatic rings. The molecule has 0 spiro atoms. The number of rotatable bonds is 11. The first-order valence-corrected chi connectivity index (χ1v) is 11.8. The molecule has 0 amide bonds. The van der Waals surface area contributed by atoms with Gasteiger partial charge in [-0.05, 0) is 31.7 Å². The number of alkyl halides is 3. The summed E-state index contributed by atoms with van der Waals surface area (Å²) in [4.78, 5) is 19.7. The number of hydrogen-bond donors (Lipinski definition) is 2. The summed E-state index contributed by atoms with van der Waals surface area (Å²) in [6.45, 7) is 2.53. The summed E-state index contributed by atoms with van der Waals surface area (Å²) in [5.41, 5.74) is 1.58. The monoisotopic (exact) mass is 510 g/mol. The van der Waals surface area contributed by atoms with Gasteiger partial charge in [0.05, 0.1) is 19.8 Å². The minimum absolute atomic E-state index is 0.0573. The smallest absolute Gasteiger partial charge is 0.396 e. The Morgan fingerprint density at radius 3 is 2.67 bits per heavy atom. The number of fused-ring (bicyclic) bond motifs is 1. The molecule has 2 N–H and O–H groups in total. The molecule has 1 saturated heterocycles. The predicted octanol–water partition coefficient (Wildman–Crippen LogP) is 2.68. The molecule has 4 rings (SSSR count). The van der Waals surface area contributed by atoms with Crippen molar-refractivity contribution in [3.8, 4) is 0 Å². The molecule has 11 nitrogen and oxygen atoms in total. The van der Waals surface area contributed by atoms with E-state index in [1.54, 1.807) is 12.3 Å². The van der Waals surface area contributed by atoms with Crippen molar-refractivity contribution in [3.05, 3.63) is 24.3 Å². The lowest BCUT2D eigenvalue weighted by Gasteiger charge is -2.31. The fraction of sp³-hybridized carbons (Fsp3) is 0.591. The van der Waals surface area contributed by atoms with Crippen LogP contribution in [-0.2, 0) is 22.6 Å². The molecular formula is C22H29F3N8O3. The summed E-state index contributed by atoms with van der Waals surface area (Å²) >= 11 is 0. The Kier molecular flexibility index (Phi) is 8.48. The van der Waals surface area contributed by atoms with Gasteiger partial charge in [-0.15, -0.1) is 0 Å². The fourth-order valence-corrected chi connectivity index (χ4v) is 3.96. The number of anilines is 3. The van der Waals surface area contributed by atoms with Crippen molar-refractivity contribution in [3.63, 3.8) is 0 Å². The maximum Gasteiger partial charge on any atom is 0.411 e. The van der Waals surface area contributed by atoms with E-state index in [1.807, 2.05) is 11.8 Å². The standard InChI is InChI=1S/C22H29F3N8O3/c1-2-35-12-16-18-19(33(31-16)9-10-36-13-22(23,24)25)20(28-17-3-6-26-14-27-17)30-21(29-18)32-7-4-15(11-34)5-8-32/h3,6,14-15,34H,2,4-5,7-13H2,1H3,(H,26,27,28,29,30). The molecule has 196 valence electrons. The van der Waals surface area contributed by atoms with Crippen molar-refractivity contribution >= 4 is 28.6 Å². The van der Waals surface area contributed by atoms with Gasteiger partial charge in [0.2, 0.25) is 5.95 Å². The number of piperidine rings is 1. The van der Waals surface area contributed by atoms with E-state index < -0.39 is 12.8 Å². The number of aliphatic hydroxyl groups excluding tert-OH is 1. The van der Waals surface area contributed by atoms with Crippen molar-refractivity contribution in [1.29, 1.82) is 0 Å². The summed E-state index contributed by atoms with van der Waals surface area (Å²) in [7, 11) is 0. The van der Waals surface area contributed by atoms with Crippen LogP contribution >= 0.6 is 0 Å². The van der Waals surface area contributed by atoms with Gasteiger partial charge < -0.3 is 24.8 Å². The Labute approximate surface area is 205 Å². The van der Waals surface area contributed by atoms with Crippen molar-refractivity contribution in [2.24, 2.45) is 5.92 Å².